The van der Waals surface area contributed by atoms with Crippen molar-refractivity contribution in [2.24, 2.45) is 0 Å². The minimum absolute atomic E-state index is 0.112. The van der Waals surface area contributed by atoms with Crippen LogP contribution < -0.4 is 0 Å². The van der Waals surface area contributed by atoms with Gasteiger partial charge < -0.3 is 0 Å². The molecule has 0 amide bonds. The van der Waals surface area contributed by atoms with E-state index in [0.29, 0.717) is 0 Å². The second-order valence-corrected chi connectivity index (χ2v) is 4.84. The lowest BCUT2D eigenvalue weighted by molar-refractivity contribution is 0.591. The fraction of sp³-hybridized carbons (Fsp3) is 0.500. The summed E-state index contributed by atoms with van der Waals surface area (Å²) in [4.78, 5) is 0. The molecule has 0 saturated carbocycles. The highest BCUT2D eigenvalue weighted by atomic mass is 15.2. The van der Waals surface area contributed by atoms with Gasteiger partial charge in [0.15, 0.2) is 5.65 Å². The lowest BCUT2D eigenvalue weighted by atomic mass is 9.88. The second kappa shape index (κ2) is 3.33. The van der Waals surface area contributed by atoms with Crippen LogP contribution in [-0.2, 0) is 11.8 Å². The molecule has 15 heavy (non-hydrogen) atoms. The lowest BCUT2D eigenvalue weighted by Crippen LogP contribution is -2.13. The fourth-order valence-electron chi connectivity index (χ4n) is 1.79. The van der Waals surface area contributed by atoms with Gasteiger partial charge in [-0.2, -0.15) is 0 Å². The molecule has 80 valence electrons. The Kier molecular flexibility index (Phi) is 2.25. The molecule has 0 aliphatic heterocycles. The zero-order chi connectivity index (χ0) is 11.1. The Morgan fingerprint density at radius 3 is 2.60 bits per heavy atom. The molecule has 2 aromatic rings. The van der Waals surface area contributed by atoms with Crippen LogP contribution in [0.4, 0.5) is 0 Å². The summed E-state index contributed by atoms with van der Waals surface area (Å²) in [5.74, 6) is 1.02. The Balaban J connectivity index is 2.73. The van der Waals surface area contributed by atoms with E-state index >= 15 is 0 Å². The summed E-state index contributed by atoms with van der Waals surface area (Å²) in [6.45, 7) is 8.69. The predicted octanol–water partition coefficient (Wildman–Crippen LogP) is 2.59. The third-order valence-corrected chi connectivity index (χ3v) is 2.63. The van der Waals surface area contributed by atoms with Gasteiger partial charge in [0.05, 0.1) is 0 Å². The maximum Gasteiger partial charge on any atom is 0.164 e. The number of aromatic nitrogens is 3. The van der Waals surface area contributed by atoms with Crippen LogP contribution in [0, 0.1) is 0 Å². The first kappa shape index (κ1) is 10.1. The molecule has 0 saturated heterocycles. The summed E-state index contributed by atoms with van der Waals surface area (Å²) in [5, 5.41) is 8.47. The van der Waals surface area contributed by atoms with Crippen molar-refractivity contribution in [2.45, 2.75) is 39.5 Å². The van der Waals surface area contributed by atoms with E-state index in [1.807, 2.05) is 6.20 Å². The van der Waals surface area contributed by atoms with E-state index in [-0.39, 0.29) is 5.41 Å². The normalized spacial score (nSPS) is 12.3. The molecule has 2 heterocycles. The number of rotatable bonds is 1. The first-order chi connectivity index (χ1) is 7.04. The van der Waals surface area contributed by atoms with Crippen LogP contribution in [0.15, 0.2) is 18.3 Å². The van der Waals surface area contributed by atoms with Crippen molar-refractivity contribution < 1.29 is 0 Å². The average Bonchev–Trinajstić information content (AvgIpc) is 2.58. The summed E-state index contributed by atoms with van der Waals surface area (Å²) >= 11 is 0. The van der Waals surface area contributed by atoms with Crippen molar-refractivity contribution in [3.05, 3.63) is 29.7 Å². The molecule has 3 heteroatoms. The Morgan fingerprint density at radius 2 is 2.00 bits per heavy atom. The average molecular weight is 203 g/mol. The van der Waals surface area contributed by atoms with E-state index in [2.05, 4.69) is 54.4 Å². The van der Waals surface area contributed by atoms with Crippen LogP contribution in [0.1, 0.15) is 39.1 Å². The number of nitrogens with zero attached hydrogens (tertiary/aromatic N) is 3. The molecule has 0 aliphatic carbocycles. The van der Waals surface area contributed by atoms with E-state index in [1.165, 1.54) is 5.56 Å². The molecule has 3 nitrogen and oxygen atoms in total. The molecular formula is C12H17N3. The van der Waals surface area contributed by atoms with Gasteiger partial charge in [-0.15, -0.1) is 10.2 Å². The van der Waals surface area contributed by atoms with Crippen LogP contribution in [0.2, 0.25) is 0 Å². The van der Waals surface area contributed by atoms with Gasteiger partial charge in [-0.1, -0.05) is 33.8 Å². The van der Waals surface area contributed by atoms with Crippen molar-refractivity contribution in [3.8, 4) is 0 Å². The molecule has 0 fully saturated rings. The van der Waals surface area contributed by atoms with Crippen LogP contribution in [-0.4, -0.2) is 14.6 Å². The van der Waals surface area contributed by atoms with E-state index in [1.54, 1.807) is 0 Å². The van der Waals surface area contributed by atoms with Gasteiger partial charge in [0.2, 0.25) is 0 Å². The molecule has 2 rings (SSSR count). The Labute approximate surface area is 90.1 Å². The largest absolute Gasteiger partial charge is 0.286 e. The zero-order valence-electron chi connectivity index (χ0n) is 9.78. The smallest absolute Gasteiger partial charge is 0.164 e. The Morgan fingerprint density at radius 1 is 1.27 bits per heavy atom. The van der Waals surface area contributed by atoms with E-state index in [9.17, 15) is 0 Å². The summed E-state index contributed by atoms with van der Waals surface area (Å²) in [6, 6.07) is 4.19. The monoisotopic (exact) mass is 203 g/mol. The second-order valence-electron chi connectivity index (χ2n) is 4.84. The van der Waals surface area contributed by atoms with Gasteiger partial charge in [0, 0.05) is 18.2 Å². The van der Waals surface area contributed by atoms with Gasteiger partial charge in [0.1, 0.15) is 5.82 Å². The van der Waals surface area contributed by atoms with E-state index in [4.69, 9.17) is 0 Å². The van der Waals surface area contributed by atoms with Crippen LogP contribution >= 0.6 is 0 Å². The third-order valence-electron chi connectivity index (χ3n) is 2.63. The summed E-state index contributed by atoms with van der Waals surface area (Å²) in [6.07, 6.45) is 2.94. The molecule has 0 aromatic carbocycles. The van der Waals surface area contributed by atoms with Crippen molar-refractivity contribution in [1.29, 1.82) is 0 Å². The number of aryl methyl sites for hydroxylation is 1. The predicted molar refractivity (Wildman–Crippen MR) is 61.1 cm³/mol. The number of fused-ring (bicyclic) bond motifs is 1. The van der Waals surface area contributed by atoms with E-state index < -0.39 is 0 Å². The molecular weight excluding hydrogens is 186 g/mol. The summed E-state index contributed by atoms with van der Waals surface area (Å²) < 4.78 is 2.08. The van der Waals surface area contributed by atoms with Crippen LogP contribution in [0.25, 0.3) is 5.65 Å². The molecule has 0 atom stereocenters. The highest BCUT2D eigenvalue weighted by Gasteiger charge is 2.19. The van der Waals surface area contributed by atoms with Crippen LogP contribution in [0.5, 0.6) is 0 Å². The maximum atomic E-state index is 4.27. The van der Waals surface area contributed by atoms with Crippen molar-refractivity contribution in [2.75, 3.05) is 0 Å². The van der Waals surface area contributed by atoms with Gasteiger partial charge in [-0.25, -0.2) is 0 Å². The van der Waals surface area contributed by atoms with Crippen LogP contribution in [0.3, 0.4) is 0 Å². The topological polar surface area (TPSA) is 30.2 Å². The molecule has 0 N–H and O–H groups in total. The highest BCUT2D eigenvalue weighted by Crippen LogP contribution is 2.25. The number of hydrogen-bond acceptors (Lipinski definition) is 2. The lowest BCUT2D eigenvalue weighted by Gasteiger charge is -2.19. The third kappa shape index (κ3) is 1.62. The molecule has 0 aliphatic rings. The maximum absolute atomic E-state index is 4.27. The quantitative estimate of drug-likeness (QED) is 0.713. The number of pyridine rings is 1. The van der Waals surface area contributed by atoms with Gasteiger partial charge in [-0.3, -0.25) is 4.40 Å². The molecule has 0 unspecified atom stereocenters. The zero-order valence-corrected chi connectivity index (χ0v) is 9.78. The first-order valence-electron chi connectivity index (χ1n) is 5.37. The fourth-order valence-corrected chi connectivity index (χ4v) is 1.79. The number of hydrogen-bond donors (Lipinski definition) is 0. The minimum atomic E-state index is 0.112. The van der Waals surface area contributed by atoms with Gasteiger partial charge in [-0.05, 0) is 11.5 Å². The van der Waals surface area contributed by atoms with Crippen molar-refractivity contribution in [3.63, 3.8) is 0 Å². The van der Waals surface area contributed by atoms with Crippen molar-refractivity contribution in [1.82, 2.24) is 14.6 Å². The minimum Gasteiger partial charge on any atom is -0.286 e. The molecule has 0 radical (unpaired) electrons. The first-order valence-corrected chi connectivity index (χ1v) is 5.37. The van der Waals surface area contributed by atoms with Crippen molar-refractivity contribution >= 4 is 5.65 Å². The highest BCUT2D eigenvalue weighted by molar-refractivity contribution is 5.50. The summed E-state index contributed by atoms with van der Waals surface area (Å²) in [5.41, 5.74) is 2.35. The standard InChI is InChI=1S/C12H17N3/c1-5-10-13-14-11-9(12(2,3)4)7-6-8-15(10)11/h6-8H,5H2,1-4H3. The molecule has 2 aromatic heterocycles. The van der Waals surface area contributed by atoms with Gasteiger partial charge in [0.25, 0.3) is 0 Å². The Bertz CT molecular complexity index is 477. The van der Waals surface area contributed by atoms with Gasteiger partial charge >= 0.3 is 0 Å². The SMILES string of the molecule is CCc1nnc2c(C(C)(C)C)cccn12. The molecule has 0 spiro atoms. The summed E-state index contributed by atoms with van der Waals surface area (Å²) in [7, 11) is 0. The van der Waals surface area contributed by atoms with E-state index in [0.717, 1.165) is 17.9 Å². The molecule has 0 bridgehead atoms. The Hall–Kier alpha value is -1.38.